The van der Waals surface area contributed by atoms with Crippen LogP contribution >= 0.6 is 11.3 Å². The van der Waals surface area contributed by atoms with Gasteiger partial charge >= 0.3 is 5.69 Å². The fourth-order valence-corrected chi connectivity index (χ4v) is 3.23. The second-order valence-electron chi connectivity index (χ2n) is 3.75. The molecule has 86 valence electrons. The van der Waals surface area contributed by atoms with Crippen molar-refractivity contribution in [1.82, 2.24) is 20.1 Å². The molecule has 17 heavy (non-hydrogen) atoms. The molecule has 0 bridgehead atoms. The number of thiophene rings is 1. The van der Waals surface area contributed by atoms with Crippen molar-refractivity contribution in [2.24, 2.45) is 0 Å². The minimum absolute atomic E-state index is 0.312. The van der Waals surface area contributed by atoms with Crippen molar-refractivity contribution in [3.8, 4) is 11.1 Å². The van der Waals surface area contributed by atoms with Crippen LogP contribution in [-0.4, -0.2) is 21.3 Å². The Labute approximate surface area is 101 Å². The van der Waals surface area contributed by atoms with Crippen LogP contribution in [0.4, 0.5) is 0 Å². The van der Waals surface area contributed by atoms with E-state index in [-0.39, 0.29) is 5.69 Å². The van der Waals surface area contributed by atoms with Crippen molar-refractivity contribution in [1.29, 1.82) is 5.26 Å². The lowest BCUT2D eigenvalue weighted by molar-refractivity contribution is 0.653. The van der Waals surface area contributed by atoms with Crippen LogP contribution in [0.1, 0.15) is 16.0 Å². The Kier molecular flexibility index (Phi) is 2.31. The fraction of sp³-hybridized carbons (Fsp3) is 0.300. The van der Waals surface area contributed by atoms with Crippen LogP contribution in [0, 0.1) is 11.3 Å². The van der Waals surface area contributed by atoms with Gasteiger partial charge in [0.1, 0.15) is 17.4 Å². The van der Waals surface area contributed by atoms with Crippen LogP contribution in [0.25, 0.3) is 5.00 Å². The Morgan fingerprint density at radius 2 is 2.47 bits per heavy atom. The molecule has 2 N–H and O–H groups in total. The molecule has 0 fully saturated rings. The van der Waals surface area contributed by atoms with E-state index >= 15 is 0 Å². The summed E-state index contributed by atoms with van der Waals surface area (Å²) in [5, 5.41) is 19.2. The summed E-state index contributed by atoms with van der Waals surface area (Å²) < 4.78 is 1.39. The Balaban J connectivity index is 2.25. The lowest BCUT2D eigenvalue weighted by Gasteiger charge is -2.11. The van der Waals surface area contributed by atoms with Gasteiger partial charge in [0.25, 0.3) is 0 Å². The second kappa shape index (κ2) is 3.84. The Hall–Kier alpha value is -1.91. The molecule has 7 heteroatoms. The zero-order valence-corrected chi connectivity index (χ0v) is 9.67. The van der Waals surface area contributed by atoms with Crippen molar-refractivity contribution < 1.29 is 0 Å². The first kappa shape index (κ1) is 10.3. The number of nitrogens with one attached hydrogen (secondary N) is 2. The van der Waals surface area contributed by atoms with Gasteiger partial charge in [-0.1, -0.05) is 0 Å². The molecular formula is C10H9N5OS. The Bertz CT molecular complexity index is 659. The standard InChI is InChI=1S/C10H9N5OS/c11-3-7-6-1-2-12-4-8(6)17-9(7)15-5-13-14-10(15)16/h5,12H,1-2,4H2,(H,14,16). The van der Waals surface area contributed by atoms with E-state index in [0.717, 1.165) is 30.0 Å². The van der Waals surface area contributed by atoms with Crippen LogP contribution in [0.15, 0.2) is 11.1 Å². The van der Waals surface area contributed by atoms with E-state index in [2.05, 4.69) is 21.6 Å². The van der Waals surface area contributed by atoms with Crippen molar-refractivity contribution in [2.75, 3.05) is 6.54 Å². The highest BCUT2D eigenvalue weighted by Crippen LogP contribution is 2.32. The summed E-state index contributed by atoms with van der Waals surface area (Å²) in [7, 11) is 0. The molecule has 1 aliphatic rings. The third-order valence-corrected chi connectivity index (χ3v) is 4.02. The van der Waals surface area contributed by atoms with E-state index in [1.165, 1.54) is 22.2 Å². The molecule has 3 heterocycles. The quantitative estimate of drug-likeness (QED) is 0.750. The van der Waals surface area contributed by atoms with Gasteiger partial charge in [-0.05, 0) is 18.5 Å². The highest BCUT2D eigenvalue weighted by molar-refractivity contribution is 7.15. The summed E-state index contributed by atoms with van der Waals surface area (Å²) in [6, 6.07) is 2.20. The summed E-state index contributed by atoms with van der Waals surface area (Å²) in [6.07, 6.45) is 2.25. The first-order chi connectivity index (χ1) is 8.31. The third-order valence-electron chi connectivity index (χ3n) is 2.79. The van der Waals surface area contributed by atoms with E-state index in [1.807, 2.05) is 0 Å². The molecule has 0 aromatic carbocycles. The van der Waals surface area contributed by atoms with Crippen molar-refractivity contribution in [3.63, 3.8) is 0 Å². The predicted octanol–water partition coefficient (Wildman–Crippen LogP) is 0.139. The van der Waals surface area contributed by atoms with E-state index in [0.29, 0.717) is 10.6 Å². The molecule has 0 aliphatic carbocycles. The molecule has 0 atom stereocenters. The average Bonchev–Trinajstić information content (AvgIpc) is 2.91. The van der Waals surface area contributed by atoms with Crippen LogP contribution in [0.5, 0.6) is 0 Å². The van der Waals surface area contributed by atoms with E-state index in [9.17, 15) is 10.1 Å². The molecule has 6 nitrogen and oxygen atoms in total. The van der Waals surface area contributed by atoms with Crippen LogP contribution in [-0.2, 0) is 13.0 Å². The zero-order chi connectivity index (χ0) is 11.8. The fourth-order valence-electron chi connectivity index (χ4n) is 2.00. The highest BCUT2D eigenvalue weighted by Gasteiger charge is 2.22. The molecule has 0 amide bonds. The summed E-state index contributed by atoms with van der Waals surface area (Å²) in [4.78, 5) is 12.7. The Morgan fingerprint density at radius 1 is 1.59 bits per heavy atom. The first-order valence-electron chi connectivity index (χ1n) is 5.19. The lowest BCUT2D eigenvalue weighted by atomic mass is 10.1. The number of hydrogen-bond donors (Lipinski definition) is 2. The van der Waals surface area contributed by atoms with Gasteiger partial charge in [-0.3, -0.25) is 0 Å². The molecule has 0 saturated carbocycles. The highest BCUT2D eigenvalue weighted by atomic mass is 32.1. The van der Waals surface area contributed by atoms with Gasteiger partial charge < -0.3 is 5.32 Å². The SMILES string of the molecule is N#Cc1c(-n2cn[nH]c2=O)sc2c1CCNC2. The van der Waals surface area contributed by atoms with Crippen LogP contribution in [0.2, 0.25) is 0 Å². The lowest BCUT2D eigenvalue weighted by Crippen LogP contribution is -2.22. The number of nitriles is 1. The van der Waals surface area contributed by atoms with Crippen molar-refractivity contribution >= 4 is 11.3 Å². The number of aromatic amines is 1. The van der Waals surface area contributed by atoms with Gasteiger partial charge in [0, 0.05) is 11.4 Å². The molecule has 0 unspecified atom stereocenters. The van der Waals surface area contributed by atoms with Gasteiger partial charge in [-0.2, -0.15) is 10.4 Å². The molecule has 0 spiro atoms. The topological polar surface area (TPSA) is 86.5 Å². The summed E-state index contributed by atoms with van der Waals surface area (Å²) in [5.74, 6) is 0. The number of rotatable bonds is 1. The summed E-state index contributed by atoms with van der Waals surface area (Å²) in [6.45, 7) is 1.64. The molecule has 2 aromatic rings. The molecule has 3 rings (SSSR count). The first-order valence-corrected chi connectivity index (χ1v) is 6.00. The molecule has 1 aliphatic heterocycles. The average molecular weight is 247 g/mol. The molecule has 0 saturated heterocycles. The number of nitrogens with zero attached hydrogens (tertiary/aromatic N) is 3. The van der Waals surface area contributed by atoms with Crippen molar-refractivity contribution in [3.05, 3.63) is 32.8 Å². The molecular weight excluding hydrogens is 238 g/mol. The summed E-state index contributed by atoms with van der Waals surface area (Å²) >= 11 is 1.48. The minimum atomic E-state index is -0.312. The van der Waals surface area contributed by atoms with Gasteiger partial charge in [0.15, 0.2) is 0 Å². The monoisotopic (exact) mass is 247 g/mol. The van der Waals surface area contributed by atoms with Crippen LogP contribution < -0.4 is 11.0 Å². The minimum Gasteiger partial charge on any atom is -0.312 e. The number of hydrogen-bond acceptors (Lipinski definition) is 5. The van der Waals surface area contributed by atoms with E-state index in [1.54, 1.807) is 0 Å². The maximum atomic E-state index is 11.5. The number of fused-ring (bicyclic) bond motifs is 1. The number of aromatic nitrogens is 3. The van der Waals surface area contributed by atoms with Gasteiger partial charge in [-0.25, -0.2) is 14.5 Å². The molecule has 0 radical (unpaired) electrons. The van der Waals surface area contributed by atoms with Gasteiger partial charge in [0.05, 0.1) is 5.56 Å². The smallest absolute Gasteiger partial charge is 0.312 e. The maximum absolute atomic E-state index is 11.5. The Morgan fingerprint density at radius 3 is 3.18 bits per heavy atom. The predicted molar refractivity (Wildman–Crippen MR) is 62.2 cm³/mol. The van der Waals surface area contributed by atoms with Gasteiger partial charge in [0.2, 0.25) is 0 Å². The van der Waals surface area contributed by atoms with E-state index < -0.39 is 0 Å². The van der Waals surface area contributed by atoms with E-state index in [4.69, 9.17) is 0 Å². The second-order valence-corrected chi connectivity index (χ2v) is 4.84. The largest absolute Gasteiger partial charge is 0.348 e. The summed E-state index contributed by atoms with van der Waals surface area (Å²) in [5.41, 5.74) is 1.36. The van der Waals surface area contributed by atoms with Crippen LogP contribution in [0.3, 0.4) is 0 Å². The van der Waals surface area contributed by atoms with Crippen molar-refractivity contribution in [2.45, 2.75) is 13.0 Å². The molecule has 2 aromatic heterocycles. The third kappa shape index (κ3) is 1.50. The number of H-pyrrole nitrogens is 1. The normalized spacial score (nSPS) is 14.3. The van der Waals surface area contributed by atoms with Gasteiger partial charge in [-0.15, -0.1) is 11.3 Å². The zero-order valence-electron chi connectivity index (χ0n) is 8.86. The maximum Gasteiger partial charge on any atom is 0.348 e.